The van der Waals surface area contributed by atoms with E-state index in [0.29, 0.717) is 10.6 Å². The number of rotatable bonds is 6. The van der Waals surface area contributed by atoms with Crippen molar-refractivity contribution in [2.45, 2.75) is 17.5 Å². The Morgan fingerprint density at radius 2 is 2.00 bits per heavy atom. The number of benzene rings is 1. The lowest BCUT2D eigenvalue weighted by Gasteiger charge is -2.49. The van der Waals surface area contributed by atoms with Crippen molar-refractivity contribution in [3.05, 3.63) is 57.6 Å². The molecule has 0 aliphatic carbocycles. The summed E-state index contributed by atoms with van der Waals surface area (Å²) in [6.07, 6.45) is 2.16. The Balaban J connectivity index is 1.77. The number of nitrogens with two attached hydrogens (primary N) is 1. The molecule has 0 radical (unpaired) electrons. The molecule has 2 heterocycles. The van der Waals surface area contributed by atoms with E-state index in [0.717, 1.165) is 16.6 Å². The highest BCUT2D eigenvalue weighted by Gasteiger charge is 2.54. The van der Waals surface area contributed by atoms with Crippen LogP contribution in [0.3, 0.4) is 0 Å². The summed E-state index contributed by atoms with van der Waals surface area (Å²) in [5.41, 5.74) is 6.37. The Labute approximate surface area is 181 Å². The second-order valence-corrected chi connectivity index (χ2v) is 10.2. The number of fused-ring (bicyclic) bond motifs is 1. The van der Waals surface area contributed by atoms with Gasteiger partial charge in [-0.3, -0.25) is 14.5 Å². The van der Waals surface area contributed by atoms with Crippen LogP contribution in [-0.2, 0) is 24.2 Å². The number of aliphatic carboxylic acids is 1. The number of nitrogens with zero attached hydrogens (tertiary/aromatic N) is 1. The van der Waals surface area contributed by atoms with Crippen LogP contribution in [0.5, 0.6) is 0 Å². The summed E-state index contributed by atoms with van der Waals surface area (Å²) in [5, 5.41) is 12.9. The third kappa shape index (κ3) is 4.53. The van der Waals surface area contributed by atoms with Crippen molar-refractivity contribution < 1.29 is 27.9 Å². The molecule has 4 N–H and O–H groups in total. The van der Waals surface area contributed by atoms with Crippen LogP contribution in [0.2, 0.25) is 5.02 Å². The highest BCUT2D eigenvalue weighted by atomic mass is 35.5. The van der Waals surface area contributed by atoms with Gasteiger partial charge in [0.1, 0.15) is 23.2 Å². The summed E-state index contributed by atoms with van der Waals surface area (Å²) in [6, 6.07) is 4.42. The second-order valence-electron chi connectivity index (χ2n) is 6.74. The number of carboxylic acids is 1. The van der Waals surface area contributed by atoms with Crippen molar-refractivity contribution in [2.75, 3.05) is 12.0 Å². The molecular weight excluding hydrogens is 454 g/mol. The predicted molar refractivity (Wildman–Crippen MR) is 112 cm³/mol. The van der Waals surface area contributed by atoms with Crippen LogP contribution >= 0.6 is 23.4 Å². The minimum Gasteiger partial charge on any atom is -0.477 e. The number of sulfone groups is 1. The molecule has 2 unspecified atom stereocenters. The summed E-state index contributed by atoms with van der Waals surface area (Å²) in [4.78, 5) is 37.9. The van der Waals surface area contributed by atoms with Gasteiger partial charge in [0.15, 0.2) is 9.84 Å². The maximum atomic E-state index is 12.6. The molecule has 1 aromatic rings. The van der Waals surface area contributed by atoms with E-state index in [9.17, 15) is 27.9 Å². The SMILES string of the molecule is CS(=O)(=O)C=CC1=C(C(=O)O)N2C(=O)C(NC(=O)C(N)c3ccc(Cl)cc3)[C@@H]2SC1. The molecule has 2 aliphatic rings. The first-order valence-electron chi connectivity index (χ1n) is 8.60. The summed E-state index contributed by atoms with van der Waals surface area (Å²) in [5.74, 6) is -2.38. The van der Waals surface area contributed by atoms with Gasteiger partial charge in [-0.25, -0.2) is 13.2 Å². The van der Waals surface area contributed by atoms with Gasteiger partial charge in [0.2, 0.25) is 5.91 Å². The topological polar surface area (TPSA) is 147 Å². The summed E-state index contributed by atoms with van der Waals surface area (Å²) in [6.45, 7) is 0. The molecule has 2 amide bonds. The van der Waals surface area contributed by atoms with Crippen LogP contribution < -0.4 is 11.1 Å². The molecule has 12 heteroatoms. The van der Waals surface area contributed by atoms with E-state index < -0.39 is 45.1 Å². The van der Waals surface area contributed by atoms with Gasteiger partial charge in [0, 0.05) is 22.4 Å². The largest absolute Gasteiger partial charge is 0.477 e. The average Bonchev–Trinajstić information content (AvgIpc) is 2.68. The Morgan fingerprint density at radius 1 is 1.37 bits per heavy atom. The molecular formula is C18H18ClN3O6S2. The second kappa shape index (κ2) is 8.42. The van der Waals surface area contributed by atoms with Crippen molar-refractivity contribution in [3.63, 3.8) is 0 Å². The third-order valence-electron chi connectivity index (χ3n) is 4.53. The summed E-state index contributed by atoms with van der Waals surface area (Å²) >= 11 is 7.04. The Hall–Kier alpha value is -2.34. The van der Waals surface area contributed by atoms with Gasteiger partial charge in [0.05, 0.1) is 0 Å². The van der Waals surface area contributed by atoms with Gasteiger partial charge in [-0.2, -0.15) is 0 Å². The number of amides is 2. The van der Waals surface area contributed by atoms with E-state index in [1.807, 2.05) is 0 Å². The molecule has 1 saturated heterocycles. The summed E-state index contributed by atoms with van der Waals surface area (Å²) < 4.78 is 22.7. The molecule has 2 aliphatic heterocycles. The van der Waals surface area contributed by atoms with E-state index in [-0.39, 0.29) is 17.0 Å². The number of carbonyl (C=O) groups is 3. The molecule has 0 saturated carbocycles. The van der Waals surface area contributed by atoms with Crippen molar-refractivity contribution in [3.8, 4) is 0 Å². The van der Waals surface area contributed by atoms with E-state index >= 15 is 0 Å². The molecule has 0 spiro atoms. The minimum atomic E-state index is -3.46. The van der Waals surface area contributed by atoms with Crippen LogP contribution in [0, 0.1) is 0 Å². The van der Waals surface area contributed by atoms with Crippen molar-refractivity contribution in [2.24, 2.45) is 5.73 Å². The zero-order chi connectivity index (χ0) is 22.2. The number of β-lactam (4-membered cyclic amide) rings is 1. The highest BCUT2D eigenvalue weighted by Crippen LogP contribution is 2.40. The fourth-order valence-corrected chi connectivity index (χ4v) is 4.90. The van der Waals surface area contributed by atoms with Gasteiger partial charge in [-0.05, 0) is 29.3 Å². The molecule has 9 nitrogen and oxygen atoms in total. The number of halogens is 1. The first-order valence-corrected chi connectivity index (χ1v) is 12.0. The lowest BCUT2D eigenvalue weighted by molar-refractivity contribution is -0.150. The Bertz CT molecular complexity index is 1070. The van der Waals surface area contributed by atoms with Gasteiger partial charge >= 0.3 is 5.97 Å². The number of carbonyl (C=O) groups excluding carboxylic acids is 2. The first-order chi connectivity index (χ1) is 14.0. The lowest BCUT2D eigenvalue weighted by atomic mass is 10.0. The molecule has 3 rings (SSSR count). The normalized spacial score (nSPS) is 22.5. The summed E-state index contributed by atoms with van der Waals surface area (Å²) in [7, 11) is -3.46. The predicted octanol–water partition coefficient (Wildman–Crippen LogP) is 0.637. The quantitative estimate of drug-likeness (QED) is 0.512. The third-order valence-corrected chi connectivity index (χ3v) is 6.71. The standard InChI is InChI=1S/C18H18ClN3O6S2/c1-30(27,28)7-6-10-8-29-17-13(16(24)22(17)14(10)18(25)26)21-15(23)12(20)9-2-4-11(19)5-3-9/h2-7,12-13,17H,8,20H2,1H3,(H,21,23)(H,25,26)/t12?,13?,17-/m0/s1. The fourth-order valence-electron chi connectivity index (χ4n) is 3.04. The molecule has 30 heavy (non-hydrogen) atoms. The van der Waals surface area contributed by atoms with Crippen LogP contribution in [0.4, 0.5) is 0 Å². The highest BCUT2D eigenvalue weighted by molar-refractivity contribution is 8.00. The molecule has 1 fully saturated rings. The van der Waals surface area contributed by atoms with Crippen molar-refractivity contribution in [1.82, 2.24) is 10.2 Å². The Morgan fingerprint density at radius 3 is 2.57 bits per heavy atom. The maximum Gasteiger partial charge on any atom is 0.352 e. The Kier molecular flexibility index (Phi) is 6.27. The van der Waals surface area contributed by atoms with Gasteiger partial charge < -0.3 is 16.2 Å². The van der Waals surface area contributed by atoms with E-state index in [4.69, 9.17) is 17.3 Å². The molecule has 160 valence electrons. The fraction of sp³-hybridized carbons (Fsp3) is 0.278. The van der Waals surface area contributed by atoms with Crippen LogP contribution in [-0.4, -0.2) is 59.6 Å². The molecule has 3 atom stereocenters. The number of carboxylic acid groups (broad SMARTS) is 1. The number of hydrogen-bond acceptors (Lipinski definition) is 7. The first kappa shape index (κ1) is 22.3. The van der Waals surface area contributed by atoms with Gasteiger partial charge in [0.25, 0.3) is 5.91 Å². The van der Waals surface area contributed by atoms with Crippen LogP contribution in [0.15, 0.2) is 47.0 Å². The smallest absolute Gasteiger partial charge is 0.352 e. The van der Waals surface area contributed by atoms with Crippen molar-refractivity contribution >= 4 is 51.0 Å². The van der Waals surface area contributed by atoms with E-state index in [2.05, 4.69) is 5.32 Å². The van der Waals surface area contributed by atoms with E-state index in [1.54, 1.807) is 24.3 Å². The van der Waals surface area contributed by atoms with Crippen LogP contribution in [0.25, 0.3) is 0 Å². The van der Waals surface area contributed by atoms with E-state index in [1.165, 1.54) is 17.8 Å². The zero-order valence-electron chi connectivity index (χ0n) is 15.6. The molecule has 0 aromatic heterocycles. The number of allylic oxidation sites excluding steroid dienone is 1. The zero-order valence-corrected chi connectivity index (χ0v) is 18.0. The van der Waals surface area contributed by atoms with Crippen LogP contribution in [0.1, 0.15) is 11.6 Å². The van der Waals surface area contributed by atoms with Crippen molar-refractivity contribution in [1.29, 1.82) is 0 Å². The number of hydrogen-bond donors (Lipinski definition) is 3. The van der Waals surface area contributed by atoms with Gasteiger partial charge in [-0.15, -0.1) is 11.8 Å². The minimum absolute atomic E-state index is 0.164. The monoisotopic (exact) mass is 471 g/mol. The lowest BCUT2D eigenvalue weighted by Crippen LogP contribution is -2.71. The molecule has 0 bridgehead atoms. The average molecular weight is 472 g/mol. The molecule has 1 aromatic carbocycles. The number of nitrogens with one attached hydrogen (secondary N) is 1. The number of thioether (sulfide) groups is 1. The maximum absolute atomic E-state index is 12.6. The van der Waals surface area contributed by atoms with Gasteiger partial charge in [-0.1, -0.05) is 23.7 Å².